The molecule has 8 heteroatoms. The van der Waals surface area contributed by atoms with Crippen LogP contribution in [0.25, 0.3) is 0 Å². The Morgan fingerprint density at radius 1 is 0.964 bits per heavy atom. The van der Waals surface area contributed by atoms with Gasteiger partial charge in [0.05, 0.1) is 6.54 Å². The third-order valence-corrected chi connectivity index (χ3v) is 3.59. The average molecular weight is 392 g/mol. The van der Waals surface area contributed by atoms with Crippen molar-refractivity contribution in [2.45, 2.75) is 59.2 Å². The number of ether oxygens (including phenoxy) is 2. The number of nitrogens with zero attached hydrogens (tertiary/aromatic N) is 2. The molecule has 1 aromatic carbocycles. The Bertz CT molecular complexity index is 709. The van der Waals surface area contributed by atoms with E-state index in [1.165, 1.54) is 0 Å². The van der Waals surface area contributed by atoms with Crippen LogP contribution in [0.4, 0.5) is 9.59 Å². The third kappa shape index (κ3) is 6.68. The van der Waals surface area contributed by atoms with Gasteiger partial charge in [-0.05, 0) is 40.2 Å². The number of hydrogen-bond donors (Lipinski definition) is 0. The number of hydrazine groups is 1. The Labute approximate surface area is 165 Å². The molecule has 0 saturated heterocycles. The van der Waals surface area contributed by atoms with E-state index in [1.807, 2.05) is 6.07 Å². The number of benzene rings is 1. The van der Waals surface area contributed by atoms with E-state index in [0.717, 1.165) is 17.5 Å². The first kappa shape index (κ1) is 23.1. The largest absolute Gasteiger partial charge is 0.442 e. The number of carbonyl (C=O) groups excluding carboxylic acids is 4. The molecule has 1 aromatic rings. The van der Waals surface area contributed by atoms with Gasteiger partial charge in [0.15, 0.2) is 0 Å². The van der Waals surface area contributed by atoms with Crippen molar-refractivity contribution in [3.63, 3.8) is 0 Å². The fraction of sp³-hybridized carbons (Fsp3) is 0.500. The molecule has 8 nitrogen and oxygen atoms in total. The molecule has 0 aliphatic carbocycles. The van der Waals surface area contributed by atoms with Crippen LogP contribution in [0.1, 0.15) is 53.5 Å². The standard InChI is InChI=1S/C20H28N2O6/c1-15(24)22(18(26)27-19(2,3)4)21(13-10-14-23)17(25)28-20(5,6)16-11-8-7-9-12-16/h7-9,11-12,14H,10,13H2,1-6H3. The highest BCUT2D eigenvalue weighted by molar-refractivity contribution is 5.92. The summed E-state index contributed by atoms with van der Waals surface area (Å²) in [5.74, 6) is -0.741. The monoisotopic (exact) mass is 392 g/mol. The van der Waals surface area contributed by atoms with E-state index in [4.69, 9.17) is 9.47 Å². The lowest BCUT2D eigenvalue weighted by atomic mass is 9.98. The molecular weight excluding hydrogens is 364 g/mol. The molecule has 0 aliphatic heterocycles. The molecule has 0 spiro atoms. The number of amides is 3. The van der Waals surface area contributed by atoms with Crippen LogP contribution < -0.4 is 0 Å². The summed E-state index contributed by atoms with van der Waals surface area (Å²) >= 11 is 0. The van der Waals surface area contributed by atoms with Crippen molar-refractivity contribution < 1.29 is 28.7 Å². The molecular formula is C20H28N2O6. The molecule has 28 heavy (non-hydrogen) atoms. The number of hydrogen-bond acceptors (Lipinski definition) is 6. The van der Waals surface area contributed by atoms with Gasteiger partial charge in [-0.15, -0.1) is 5.01 Å². The first-order valence-electron chi connectivity index (χ1n) is 8.92. The second kappa shape index (κ2) is 9.34. The van der Waals surface area contributed by atoms with Gasteiger partial charge < -0.3 is 14.3 Å². The van der Waals surface area contributed by atoms with Crippen LogP contribution in [0, 0.1) is 0 Å². The van der Waals surface area contributed by atoms with Crippen molar-refractivity contribution in [2.24, 2.45) is 0 Å². The minimum absolute atomic E-state index is 0.0898. The lowest BCUT2D eigenvalue weighted by molar-refractivity contribution is -0.144. The van der Waals surface area contributed by atoms with Crippen LogP contribution in [0.5, 0.6) is 0 Å². The van der Waals surface area contributed by atoms with E-state index in [2.05, 4.69) is 0 Å². The van der Waals surface area contributed by atoms with Crippen LogP contribution >= 0.6 is 0 Å². The molecule has 0 atom stereocenters. The molecule has 0 N–H and O–H groups in total. The van der Waals surface area contributed by atoms with E-state index < -0.39 is 29.3 Å². The predicted molar refractivity (Wildman–Crippen MR) is 102 cm³/mol. The molecule has 0 aromatic heterocycles. The van der Waals surface area contributed by atoms with Gasteiger partial charge in [0.25, 0.3) is 0 Å². The molecule has 0 unspecified atom stereocenters. The Morgan fingerprint density at radius 3 is 2.00 bits per heavy atom. The maximum atomic E-state index is 12.8. The SMILES string of the molecule is CC(=O)N(C(=O)OC(C)(C)C)N(CCC=O)C(=O)OC(C)(C)c1ccccc1. The van der Waals surface area contributed by atoms with Gasteiger partial charge in [0, 0.05) is 13.3 Å². The van der Waals surface area contributed by atoms with Gasteiger partial charge in [-0.1, -0.05) is 30.3 Å². The van der Waals surface area contributed by atoms with Gasteiger partial charge in [0.1, 0.15) is 17.5 Å². The predicted octanol–water partition coefficient (Wildman–Crippen LogP) is 3.65. The second-order valence-electron chi connectivity index (χ2n) is 7.63. The van der Waals surface area contributed by atoms with Crippen molar-refractivity contribution in [2.75, 3.05) is 6.54 Å². The number of aldehydes is 1. The summed E-state index contributed by atoms with van der Waals surface area (Å²) in [4.78, 5) is 48.3. The smallest absolute Gasteiger partial charge is 0.436 e. The topological polar surface area (TPSA) is 93.2 Å². The zero-order valence-corrected chi connectivity index (χ0v) is 17.2. The Kier molecular flexibility index (Phi) is 7.72. The Balaban J connectivity index is 3.15. The van der Waals surface area contributed by atoms with Gasteiger partial charge in [-0.25, -0.2) is 14.6 Å². The number of rotatable bonds is 5. The first-order valence-corrected chi connectivity index (χ1v) is 8.92. The zero-order chi connectivity index (χ0) is 21.5. The molecule has 0 fully saturated rings. The van der Waals surface area contributed by atoms with Crippen LogP contribution in [0.2, 0.25) is 0 Å². The summed E-state index contributed by atoms with van der Waals surface area (Å²) in [5, 5.41) is 1.34. The highest BCUT2D eigenvalue weighted by atomic mass is 16.6. The fourth-order valence-corrected chi connectivity index (χ4v) is 2.32. The van der Waals surface area contributed by atoms with E-state index in [0.29, 0.717) is 11.3 Å². The summed E-state index contributed by atoms with van der Waals surface area (Å²) < 4.78 is 10.8. The third-order valence-electron chi connectivity index (χ3n) is 3.59. The van der Waals surface area contributed by atoms with Gasteiger partial charge in [0.2, 0.25) is 5.91 Å². The quantitative estimate of drug-likeness (QED) is 0.561. The average Bonchev–Trinajstić information content (AvgIpc) is 2.56. The van der Waals surface area contributed by atoms with Crippen LogP contribution in [0.15, 0.2) is 30.3 Å². The van der Waals surface area contributed by atoms with Crippen LogP contribution in [0.3, 0.4) is 0 Å². The minimum atomic E-state index is -1.03. The van der Waals surface area contributed by atoms with Gasteiger partial charge >= 0.3 is 12.2 Å². The summed E-state index contributed by atoms with van der Waals surface area (Å²) in [6.45, 7) is 9.17. The first-order chi connectivity index (χ1) is 12.9. The maximum Gasteiger partial charge on any atom is 0.436 e. The van der Waals surface area contributed by atoms with Crippen molar-refractivity contribution in [1.82, 2.24) is 10.0 Å². The normalized spacial score (nSPS) is 11.4. The molecule has 0 saturated carbocycles. The molecule has 0 bridgehead atoms. The van der Waals surface area contributed by atoms with Crippen molar-refractivity contribution in [3.05, 3.63) is 35.9 Å². The van der Waals surface area contributed by atoms with E-state index >= 15 is 0 Å². The summed E-state index contributed by atoms with van der Waals surface area (Å²) in [6, 6.07) is 9.02. The van der Waals surface area contributed by atoms with E-state index in [9.17, 15) is 19.2 Å². The molecule has 0 heterocycles. The van der Waals surface area contributed by atoms with Gasteiger partial charge in [-0.3, -0.25) is 4.79 Å². The molecule has 1 rings (SSSR count). The Hall–Kier alpha value is -2.90. The highest BCUT2D eigenvalue weighted by Crippen LogP contribution is 2.26. The zero-order valence-electron chi connectivity index (χ0n) is 17.2. The molecule has 3 amide bonds. The molecule has 154 valence electrons. The van der Waals surface area contributed by atoms with Gasteiger partial charge in [-0.2, -0.15) is 0 Å². The van der Waals surface area contributed by atoms with Crippen molar-refractivity contribution >= 4 is 24.4 Å². The summed E-state index contributed by atoms with van der Waals surface area (Å²) in [7, 11) is 0. The van der Waals surface area contributed by atoms with Crippen LogP contribution in [-0.4, -0.2) is 46.5 Å². The molecule has 0 aliphatic rings. The minimum Gasteiger partial charge on any atom is -0.442 e. The lowest BCUT2D eigenvalue weighted by Gasteiger charge is -2.35. The molecule has 0 radical (unpaired) electrons. The number of imide groups is 1. The fourth-order valence-electron chi connectivity index (χ4n) is 2.32. The second-order valence-corrected chi connectivity index (χ2v) is 7.63. The maximum absolute atomic E-state index is 12.8. The highest BCUT2D eigenvalue weighted by Gasteiger charge is 2.36. The Morgan fingerprint density at radius 2 is 1.54 bits per heavy atom. The summed E-state index contributed by atoms with van der Waals surface area (Å²) in [6.07, 6.45) is -1.49. The number of carbonyl (C=O) groups is 4. The van der Waals surface area contributed by atoms with Crippen molar-refractivity contribution in [3.8, 4) is 0 Å². The van der Waals surface area contributed by atoms with E-state index in [1.54, 1.807) is 58.9 Å². The lowest BCUT2D eigenvalue weighted by Crippen LogP contribution is -2.54. The van der Waals surface area contributed by atoms with Crippen molar-refractivity contribution in [1.29, 1.82) is 0 Å². The van der Waals surface area contributed by atoms with E-state index in [-0.39, 0.29) is 13.0 Å². The van der Waals surface area contributed by atoms with Crippen LogP contribution in [-0.2, 0) is 24.7 Å². The summed E-state index contributed by atoms with van der Waals surface area (Å²) in [5.41, 5.74) is -1.19.